The van der Waals surface area contributed by atoms with Crippen molar-refractivity contribution < 1.29 is 8.42 Å². The molecular weight excluding hydrogens is 390 g/mol. The number of nitrogens with zero attached hydrogens (tertiary/aromatic N) is 1. The number of aryl methyl sites for hydroxylation is 2. The fraction of sp³-hybridized carbons (Fsp3) is 0.538. The maximum atomic E-state index is 12.4. The van der Waals surface area contributed by atoms with Gasteiger partial charge in [-0.05, 0) is 80.7 Å². The SMILES string of the molecule is C[C@@H]1C[C@@H](C)CN(c2ccc(CCc3ccc(CS(=O)(=O)C(C)(C)C)cc3)cc2)C1. The van der Waals surface area contributed by atoms with Crippen molar-refractivity contribution >= 4 is 15.5 Å². The van der Waals surface area contributed by atoms with E-state index in [0.717, 1.165) is 43.3 Å². The van der Waals surface area contributed by atoms with Crippen LogP contribution in [0, 0.1) is 11.8 Å². The smallest absolute Gasteiger partial charge is 0.159 e. The van der Waals surface area contributed by atoms with E-state index in [0.29, 0.717) is 0 Å². The Hall–Kier alpha value is -1.81. The predicted molar refractivity (Wildman–Crippen MR) is 128 cm³/mol. The molecule has 1 heterocycles. The average molecular weight is 428 g/mol. The van der Waals surface area contributed by atoms with Crippen LogP contribution in [0.25, 0.3) is 0 Å². The molecule has 2 aromatic carbocycles. The summed E-state index contributed by atoms with van der Waals surface area (Å²) in [6.07, 6.45) is 3.28. The molecule has 0 amide bonds. The lowest BCUT2D eigenvalue weighted by Gasteiger charge is -2.36. The molecule has 1 aliphatic rings. The molecule has 0 aromatic heterocycles. The zero-order chi connectivity index (χ0) is 21.9. The van der Waals surface area contributed by atoms with E-state index in [4.69, 9.17) is 0 Å². The molecule has 2 atom stereocenters. The van der Waals surface area contributed by atoms with Crippen LogP contribution in [0.4, 0.5) is 5.69 Å². The maximum absolute atomic E-state index is 12.4. The quantitative estimate of drug-likeness (QED) is 0.596. The second-order valence-electron chi connectivity index (χ2n) is 10.2. The van der Waals surface area contributed by atoms with E-state index in [9.17, 15) is 8.42 Å². The third kappa shape index (κ3) is 5.87. The van der Waals surface area contributed by atoms with Crippen molar-refractivity contribution in [2.24, 2.45) is 11.8 Å². The zero-order valence-electron chi connectivity index (χ0n) is 19.2. The van der Waals surface area contributed by atoms with Crippen molar-refractivity contribution in [1.29, 1.82) is 0 Å². The number of rotatable bonds is 6. The fourth-order valence-corrected chi connectivity index (χ4v) is 5.34. The lowest BCUT2D eigenvalue weighted by atomic mass is 9.91. The van der Waals surface area contributed by atoms with Gasteiger partial charge in [0.15, 0.2) is 9.84 Å². The molecule has 1 aliphatic heterocycles. The molecule has 1 saturated heterocycles. The molecule has 0 N–H and O–H groups in total. The molecule has 30 heavy (non-hydrogen) atoms. The van der Waals surface area contributed by atoms with Crippen LogP contribution in [0.1, 0.15) is 57.7 Å². The number of sulfone groups is 1. The van der Waals surface area contributed by atoms with Crippen molar-refractivity contribution in [3.8, 4) is 0 Å². The van der Waals surface area contributed by atoms with Crippen LogP contribution in [0.2, 0.25) is 0 Å². The van der Waals surface area contributed by atoms with E-state index < -0.39 is 14.6 Å². The molecule has 4 heteroatoms. The molecule has 0 bridgehead atoms. The highest BCUT2D eigenvalue weighted by molar-refractivity contribution is 7.91. The number of piperidine rings is 1. The van der Waals surface area contributed by atoms with Gasteiger partial charge in [0.25, 0.3) is 0 Å². The second kappa shape index (κ2) is 9.13. The van der Waals surface area contributed by atoms with E-state index in [2.05, 4.69) is 55.1 Å². The minimum atomic E-state index is -3.14. The second-order valence-corrected chi connectivity index (χ2v) is 12.9. The molecule has 0 spiro atoms. The predicted octanol–water partition coefficient (Wildman–Crippen LogP) is 5.67. The Morgan fingerprint density at radius 3 is 1.70 bits per heavy atom. The van der Waals surface area contributed by atoms with Crippen molar-refractivity contribution in [2.75, 3.05) is 18.0 Å². The maximum Gasteiger partial charge on any atom is 0.159 e. The molecule has 1 fully saturated rings. The largest absolute Gasteiger partial charge is 0.371 e. The summed E-state index contributed by atoms with van der Waals surface area (Å²) < 4.78 is 24.1. The Morgan fingerprint density at radius 2 is 1.23 bits per heavy atom. The summed E-state index contributed by atoms with van der Waals surface area (Å²) in [4.78, 5) is 2.52. The molecule has 0 saturated carbocycles. The Labute approximate surface area is 183 Å². The third-order valence-corrected chi connectivity index (χ3v) is 8.76. The highest BCUT2D eigenvalue weighted by Crippen LogP contribution is 2.27. The van der Waals surface area contributed by atoms with Crippen LogP contribution in [0.15, 0.2) is 48.5 Å². The van der Waals surface area contributed by atoms with Gasteiger partial charge in [-0.25, -0.2) is 8.42 Å². The first kappa shape index (κ1) is 22.9. The molecule has 0 radical (unpaired) electrons. The van der Waals surface area contributed by atoms with Crippen molar-refractivity contribution in [3.63, 3.8) is 0 Å². The summed E-state index contributed by atoms with van der Waals surface area (Å²) in [7, 11) is -3.14. The van der Waals surface area contributed by atoms with Gasteiger partial charge in [-0.15, -0.1) is 0 Å². The van der Waals surface area contributed by atoms with Gasteiger partial charge in [-0.3, -0.25) is 0 Å². The normalized spacial score (nSPS) is 20.4. The summed E-state index contributed by atoms with van der Waals surface area (Å²) in [5.41, 5.74) is 4.79. The fourth-order valence-electron chi connectivity index (χ4n) is 4.27. The minimum Gasteiger partial charge on any atom is -0.371 e. The van der Waals surface area contributed by atoms with Crippen LogP contribution in [-0.4, -0.2) is 26.3 Å². The standard InChI is InChI=1S/C26H37NO2S/c1-20-16-21(2)18-27(17-20)25-14-12-23(13-15-25)7-6-22-8-10-24(11-9-22)19-30(28,29)26(3,4)5/h8-15,20-21H,6-7,16-19H2,1-5H3/t20-,21-/m1/s1. The zero-order valence-corrected chi connectivity index (χ0v) is 20.0. The highest BCUT2D eigenvalue weighted by Gasteiger charge is 2.28. The first-order valence-electron chi connectivity index (χ1n) is 11.2. The molecule has 164 valence electrons. The van der Waals surface area contributed by atoms with Gasteiger partial charge >= 0.3 is 0 Å². The third-order valence-electron chi connectivity index (χ3n) is 6.19. The molecule has 2 aromatic rings. The van der Waals surface area contributed by atoms with Gasteiger partial charge in [0, 0.05) is 18.8 Å². The summed E-state index contributed by atoms with van der Waals surface area (Å²) in [6.45, 7) is 12.3. The first-order valence-corrected chi connectivity index (χ1v) is 12.8. The Kier molecular flexibility index (Phi) is 6.96. The summed E-state index contributed by atoms with van der Waals surface area (Å²) in [6, 6.07) is 17.1. The van der Waals surface area contributed by atoms with Gasteiger partial charge in [0.1, 0.15) is 0 Å². The van der Waals surface area contributed by atoms with Gasteiger partial charge in [0.2, 0.25) is 0 Å². The van der Waals surface area contributed by atoms with Crippen LogP contribution in [0.5, 0.6) is 0 Å². The molecule has 3 nitrogen and oxygen atoms in total. The van der Waals surface area contributed by atoms with Crippen molar-refractivity contribution in [3.05, 3.63) is 65.2 Å². The number of benzene rings is 2. The summed E-state index contributed by atoms with van der Waals surface area (Å²) in [5.74, 6) is 1.62. The Bertz CT molecular complexity index is 914. The topological polar surface area (TPSA) is 37.4 Å². The lowest BCUT2D eigenvalue weighted by Crippen LogP contribution is -2.38. The Balaban J connectivity index is 1.56. The van der Waals surface area contributed by atoms with E-state index in [1.165, 1.54) is 23.2 Å². The summed E-state index contributed by atoms with van der Waals surface area (Å²) in [5, 5.41) is 0. The molecular formula is C26H37NO2S. The molecule has 0 aliphatic carbocycles. The minimum absolute atomic E-state index is 0.103. The van der Waals surface area contributed by atoms with Crippen LogP contribution >= 0.6 is 0 Å². The van der Waals surface area contributed by atoms with Crippen LogP contribution < -0.4 is 4.90 Å². The average Bonchev–Trinajstić information content (AvgIpc) is 2.66. The van der Waals surface area contributed by atoms with Crippen LogP contribution in [0.3, 0.4) is 0 Å². The van der Waals surface area contributed by atoms with Crippen LogP contribution in [-0.2, 0) is 28.4 Å². The van der Waals surface area contributed by atoms with Gasteiger partial charge < -0.3 is 4.90 Å². The molecule has 0 unspecified atom stereocenters. The number of hydrogen-bond donors (Lipinski definition) is 0. The van der Waals surface area contributed by atoms with E-state index in [1.807, 2.05) is 12.1 Å². The lowest BCUT2D eigenvalue weighted by molar-refractivity contribution is 0.357. The summed E-state index contributed by atoms with van der Waals surface area (Å²) >= 11 is 0. The van der Waals surface area contributed by atoms with Gasteiger partial charge in [-0.2, -0.15) is 0 Å². The number of hydrogen-bond acceptors (Lipinski definition) is 3. The number of anilines is 1. The van der Waals surface area contributed by atoms with Crippen molar-refractivity contribution in [2.45, 2.75) is 64.4 Å². The Morgan fingerprint density at radius 1 is 0.800 bits per heavy atom. The highest BCUT2D eigenvalue weighted by atomic mass is 32.2. The first-order chi connectivity index (χ1) is 14.0. The van der Waals surface area contributed by atoms with Crippen molar-refractivity contribution in [1.82, 2.24) is 0 Å². The molecule has 3 rings (SSSR count). The van der Waals surface area contributed by atoms with Gasteiger partial charge in [0.05, 0.1) is 10.5 Å². The van der Waals surface area contributed by atoms with E-state index >= 15 is 0 Å². The van der Waals surface area contributed by atoms with Gasteiger partial charge in [-0.1, -0.05) is 50.2 Å². The van der Waals surface area contributed by atoms with E-state index in [1.54, 1.807) is 20.8 Å². The van der Waals surface area contributed by atoms with E-state index in [-0.39, 0.29) is 5.75 Å². The monoisotopic (exact) mass is 427 g/mol.